The van der Waals surface area contributed by atoms with Gasteiger partial charge in [0.1, 0.15) is 19.6 Å². The zero-order valence-corrected chi connectivity index (χ0v) is 19.7. The number of aryl methyl sites for hydroxylation is 1. The Morgan fingerprint density at radius 3 is 2.17 bits per heavy atom. The van der Waals surface area contributed by atoms with Crippen molar-refractivity contribution in [2.75, 3.05) is 0 Å². The van der Waals surface area contributed by atoms with Crippen LogP contribution in [0.2, 0.25) is 0 Å². The zero-order valence-electron chi connectivity index (χ0n) is 22.7. The summed E-state index contributed by atoms with van der Waals surface area (Å²) in [6.07, 6.45) is -0.482. The average molecular weight is 473 g/mol. The molecule has 0 spiro atoms. The largest absolute Gasteiger partial charge is 0.454 e. The van der Waals surface area contributed by atoms with Crippen LogP contribution in [0.1, 0.15) is 15.2 Å². The first kappa shape index (κ1) is 18.6. The number of fused-ring (bicyclic) bond motifs is 3. The van der Waals surface area contributed by atoms with Gasteiger partial charge in [-0.15, -0.1) is 0 Å². The molecule has 6 rings (SSSR count). The Bertz CT molecular complexity index is 1950. The summed E-state index contributed by atoms with van der Waals surface area (Å²) in [6, 6.07) is 26.8. The van der Waals surface area contributed by atoms with Crippen LogP contribution in [0.15, 0.2) is 102 Å². The molecule has 2 heterocycles. The van der Waals surface area contributed by atoms with Crippen molar-refractivity contribution in [2.45, 2.75) is 6.92 Å². The van der Waals surface area contributed by atoms with E-state index in [1.54, 1.807) is 6.07 Å². The van der Waals surface area contributed by atoms with Crippen molar-refractivity contribution < 1.29 is 17.5 Å². The molecule has 0 aliphatic carbocycles. The third-order valence-electron chi connectivity index (χ3n) is 6.55. The van der Waals surface area contributed by atoms with Crippen molar-refractivity contribution >= 4 is 21.9 Å². The fourth-order valence-electron chi connectivity index (χ4n) is 4.80. The Kier molecular flexibility index (Phi) is 4.37. The highest BCUT2D eigenvalue weighted by Crippen LogP contribution is 2.42. The molecule has 0 amide bonds. The fraction of sp³-hybridized carbons (Fsp3) is 0.0625. The van der Waals surface area contributed by atoms with Crippen LogP contribution in [-0.4, -0.2) is 0 Å². The molecule has 4 heteroatoms. The lowest BCUT2D eigenvalue weighted by Gasteiger charge is -2.07. The van der Waals surface area contributed by atoms with E-state index in [4.69, 9.17) is 8.53 Å². The molecule has 0 fully saturated rings. The summed E-state index contributed by atoms with van der Waals surface area (Å²) in [5.74, 6) is -1.04. The number of halogens is 1. The highest BCUT2D eigenvalue weighted by Gasteiger charge is 2.23. The third-order valence-corrected chi connectivity index (χ3v) is 6.55. The van der Waals surface area contributed by atoms with Crippen LogP contribution in [-0.2, 0) is 7.05 Å². The second-order valence-electron chi connectivity index (χ2n) is 8.74. The van der Waals surface area contributed by atoms with Gasteiger partial charge in [0.15, 0.2) is 5.82 Å². The SMILES string of the molecule is [2H]c1c([2H])c(-c2c(C)ccc3c2oc2c(-c4ccc(-c5ccccc5)cc4)c(C#N)ccc23)[n+](C)c([2H])c1F. The Balaban J connectivity index is 1.64. The van der Waals surface area contributed by atoms with Crippen LogP contribution in [0.25, 0.3) is 55.4 Å². The number of benzene rings is 4. The summed E-state index contributed by atoms with van der Waals surface area (Å²) in [6.45, 7) is 1.85. The van der Waals surface area contributed by atoms with Gasteiger partial charge in [0.05, 0.1) is 19.9 Å². The molecule has 0 saturated heterocycles. The molecular weight excluding hydrogens is 447 g/mol. The summed E-state index contributed by atoms with van der Waals surface area (Å²) in [7, 11) is 1.51. The van der Waals surface area contributed by atoms with Crippen LogP contribution in [0.3, 0.4) is 0 Å². The van der Waals surface area contributed by atoms with Gasteiger partial charge in [-0.05, 0) is 47.4 Å². The quantitative estimate of drug-likeness (QED) is 0.247. The first-order valence-electron chi connectivity index (χ1n) is 13.0. The molecule has 0 saturated carbocycles. The zero-order chi connectivity index (χ0) is 27.4. The van der Waals surface area contributed by atoms with Gasteiger partial charge >= 0.3 is 0 Å². The number of pyridine rings is 1. The summed E-state index contributed by atoms with van der Waals surface area (Å²) in [5, 5.41) is 11.5. The molecule has 0 aliphatic rings. The lowest BCUT2D eigenvalue weighted by molar-refractivity contribution is -0.661. The van der Waals surface area contributed by atoms with Gasteiger partial charge in [0.25, 0.3) is 0 Å². The van der Waals surface area contributed by atoms with Gasteiger partial charge in [-0.1, -0.05) is 66.7 Å². The minimum atomic E-state index is -1.04. The Morgan fingerprint density at radius 2 is 1.44 bits per heavy atom. The maximum Gasteiger partial charge on any atom is 0.216 e. The van der Waals surface area contributed by atoms with Crippen molar-refractivity contribution in [3.8, 4) is 39.6 Å². The Hall–Kier alpha value is -4.75. The van der Waals surface area contributed by atoms with Gasteiger partial charge < -0.3 is 4.42 Å². The normalized spacial score (nSPS) is 12.3. The summed E-state index contributed by atoms with van der Waals surface area (Å²) in [5.41, 5.74) is 6.56. The van der Waals surface area contributed by atoms with Crippen molar-refractivity contribution in [2.24, 2.45) is 7.05 Å². The van der Waals surface area contributed by atoms with E-state index < -0.39 is 18.0 Å². The topological polar surface area (TPSA) is 40.8 Å². The monoisotopic (exact) mass is 472 g/mol. The van der Waals surface area contributed by atoms with Gasteiger partial charge in [-0.3, -0.25) is 0 Å². The van der Waals surface area contributed by atoms with Crippen LogP contribution in [0, 0.1) is 24.1 Å². The number of aromatic nitrogens is 1. The maximum atomic E-state index is 14.4. The molecule has 172 valence electrons. The molecule has 6 aromatic rings. The lowest BCUT2D eigenvalue weighted by atomic mass is 9.95. The number of nitriles is 1. The van der Waals surface area contributed by atoms with Crippen LogP contribution in [0.4, 0.5) is 4.39 Å². The van der Waals surface area contributed by atoms with E-state index in [0.717, 1.165) is 33.0 Å². The molecule has 3 nitrogen and oxygen atoms in total. The van der Waals surface area contributed by atoms with E-state index in [2.05, 4.69) is 6.07 Å². The minimum Gasteiger partial charge on any atom is -0.454 e. The lowest BCUT2D eigenvalue weighted by Crippen LogP contribution is -2.31. The van der Waals surface area contributed by atoms with Gasteiger partial charge in [-0.2, -0.15) is 9.83 Å². The second-order valence-corrected chi connectivity index (χ2v) is 8.74. The number of nitrogens with zero attached hydrogens (tertiary/aromatic N) is 2. The first-order valence-corrected chi connectivity index (χ1v) is 11.5. The smallest absolute Gasteiger partial charge is 0.216 e. The minimum absolute atomic E-state index is 0.225. The third kappa shape index (κ3) is 3.45. The van der Waals surface area contributed by atoms with Gasteiger partial charge in [0, 0.05) is 22.4 Å². The van der Waals surface area contributed by atoms with Gasteiger partial charge in [0.2, 0.25) is 11.9 Å². The van der Waals surface area contributed by atoms with Crippen LogP contribution >= 0.6 is 0 Å². The number of rotatable bonds is 3. The summed E-state index contributed by atoms with van der Waals surface area (Å²) < 4.78 is 47.0. The molecule has 0 radical (unpaired) electrons. The maximum absolute atomic E-state index is 14.4. The van der Waals surface area contributed by atoms with E-state index in [9.17, 15) is 9.65 Å². The van der Waals surface area contributed by atoms with E-state index in [-0.39, 0.29) is 11.7 Å². The Labute approximate surface area is 212 Å². The highest BCUT2D eigenvalue weighted by molar-refractivity contribution is 6.14. The molecule has 2 aromatic heterocycles. The molecule has 0 N–H and O–H groups in total. The number of hydrogen-bond acceptors (Lipinski definition) is 2. The highest BCUT2D eigenvalue weighted by atomic mass is 19.1. The van der Waals surface area contributed by atoms with Crippen molar-refractivity contribution in [3.05, 3.63) is 114 Å². The molecular formula is C32H22FN2O+. The van der Waals surface area contributed by atoms with E-state index in [1.165, 1.54) is 11.6 Å². The second kappa shape index (κ2) is 8.48. The molecule has 36 heavy (non-hydrogen) atoms. The summed E-state index contributed by atoms with van der Waals surface area (Å²) >= 11 is 0. The average Bonchev–Trinajstić information content (AvgIpc) is 3.35. The van der Waals surface area contributed by atoms with E-state index >= 15 is 0 Å². The van der Waals surface area contributed by atoms with Crippen LogP contribution in [0.5, 0.6) is 0 Å². The molecule has 0 bridgehead atoms. The van der Waals surface area contributed by atoms with Crippen molar-refractivity contribution in [1.82, 2.24) is 0 Å². The predicted octanol–water partition coefficient (Wildman–Crippen LogP) is 7.73. The predicted molar refractivity (Wildman–Crippen MR) is 141 cm³/mol. The standard InChI is InChI=1S/C32H22FN2O/c1-20-8-15-26-27-16-13-24(18-34)30(23-11-9-22(10-12-23)21-6-4-3-5-7-21)32(27)36-31(26)29(20)28-17-14-25(33)19-35(28)2/h3-17,19H,1-2H3/q+1/i14D,17D,19D. The van der Waals surface area contributed by atoms with Crippen LogP contribution < -0.4 is 4.57 Å². The first-order chi connectivity index (χ1) is 18.8. The van der Waals surface area contributed by atoms with Crippen molar-refractivity contribution in [3.63, 3.8) is 0 Å². The van der Waals surface area contributed by atoms with Crippen molar-refractivity contribution in [1.29, 1.82) is 5.26 Å². The fourth-order valence-corrected chi connectivity index (χ4v) is 4.80. The van der Waals surface area contributed by atoms with E-state index in [0.29, 0.717) is 27.9 Å². The molecule has 0 atom stereocenters. The molecule has 4 aromatic carbocycles. The number of hydrogen-bond donors (Lipinski definition) is 0. The van der Waals surface area contributed by atoms with Gasteiger partial charge in [-0.25, -0.2) is 4.39 Å². The number of furan rings is 1. The Morgan fingerprint density at radius 1 is 0.806 bits per heavy atom. The van der Waals surface area contributed by atoms with E-state index in [1.807, 2.05) is 79.7 Å². The summed E-state index contributed by atoms with van der Waals surface area (Å²) in [4.78, 5) is 0. The molecule has 0 aliphatic heterocycles. The molecule has 0 unspecified atom stereocenters.